The van der Waals surface area contributed by atoms with E-state index in [1.165, 1.54) is 28.5 Å². The largest absolute Gasteiger partial charge is 0.383 e. The van der Waals surface area contributed by atoms with Crippen molar-refractivity contribution in [2.24, 2.45) is 0 Å². The van der Waals surface area contributed by atoms with Crippen LogP contribution in [-0.2, 0) is 0 Å². The highest BCUT2D eigenvalue weighted by atomic mass is 32.1. The summed E-state index contributed by atoms with van der Waals surface area (Å²) in [5, 5.41) is 1.20. The molecule has 1 saturated heterocycles. The summed E-state index contributed by atoms with van der Waals surface area (Å²) in [7, 11) is 0. The molecule has 0 amide bonds. The van der Waals surface area contributed by atoms with Crippen molar-refractivity contribution in [1.82, 2.24) is 4.37 Å². The van der Waals surface area contributed by atoms with Crippen molar-refractivity contribution in [2.75, 3.05) is 23.7 Å². The van der Waals surface area contributed by atoms with Crippen LogP contribution in [0.15, 0.2) is 36.4 Å². The molecular weight excluding hydrogens is 230 g/mol. The number of nitrogens with zero attached hydrogens (tertiary/aromatic N) is 2. The van der Waals surface area contributed by atoms with E-state index in [9.17, 15) is 0 Å². The van der Waals surface area contributed by atoms with Gasteiger partial charge in [-0.2, -0.15) is 4.37 Å². The molecule has 1 aliphatic heterocycles. The minimum atomic E-state index is 0.633. The van der Waals surface area contributed by atoms with Crippen LogP contribution in [0.4, 0.5) is 10.8 Å². The van der Waals surface area contributed by atoms with Crippen molar-refractivity contribution in [3.8, 4) is 0 Å². The van der Waals surface area contributed by atoms with Gasteiger partial charge < -0.3 is 10.6 Å². The number of rotatable bonds is 2. The van der Waals surface area contributed by atoms with Crippen molar-refractivity contribution >= 4 is 22.4 Å². The maximum atomic E-state index is 5.66. The lowest BCUT2D eigenvalue weighted by molar-refractivity contribution is 0.775. The van der Waals surface area contributed by atoms with Crippen LogP contribution in [0.3, 0.4) is 0 Å². The maximum Gasteiger partial charge on any atom is 0.139 e. The van der Waals surface area contributed by atoms with Crippen molar-refractivity contribution in [1.29, 1.82) is 0 Å². The van der Waals surface area contributed by atoms with E-state index in [0.717, 1.165) is 13.1 Å². The predicted octanol–water partition coefficient (Wildman–Crippen LogP) is 2.72. The van der Waals surface area contributed by atoms with Gasteiger partial charge in [0.25, 0.3) is 0 Å². The molecule has 2 heterocycles. The minimum absolute atomic E-state index is 0.633. The molecule has 0 saturated carbocycles. The first-order valence-electron chi connectivity index (χ1n) is 5.85. The van der Waals surface area contributed by atoms with Crippen LogP contribution < -0.4 is 10.6 Å². The Morgan fingerprint density at radius 3 is 2.82 bits per heavy atom. The maximum absolute atomic E-state index is 5.66. The Morgan fingerprint density at radius 1 is 1.29 bits per heavy atom. The average molecular weight is 245 g/mol. The van der Waals surface area contributed by atoms with Gasteiger partial charge in [0.2, 0.25) is 0 Å². The zero-order chi connectivity index (χ0) is 11.7. The van der Waals surface area contributed by atoms with Crippen LogP contribution in [0.2, 0.25) is 0 Å². The third-order valence-electron chi connectivity index (χ3n) is 3.29. The van der Waals surface area contributed by atoms with E-state index in [-0.39, 0.29) is 0 Å². The number of hydrogen-bond donors (Lipinski definition) is 1. The highest BCUT2D eigenvalue weighted by Crippen LogP contribution is 2.33. The first-order valence-corrected chi connectivity index (χ1v) is 6.62. The van der Waals surface area contributed by atoms with Crippen LogP contribution in [0.5, 0.6) is 0 Å². The summed E-state index contributed by atoms with van der Waals surface area (Å²) in [5.41, 5.74) is 7.10. The number of benzene rings is 1. The number of nitrogens with two attached hydrogens (primary N) is 1. The Hall–Kier alpha value is -1.55. The van der Waals surface area contributed by atoms with Crippen LogP contribution in [0.1, 0.15) is 17.9 Å². The molecule has 3 nitrogen and oxygen atoms in total. The van der Waals surface area contributed by atoms with Crippen LogP contribution in [0, 0.1) is 0 Å². The van der Waals surface area contributed by atoms with Crippen LogP contribution in [-0.4, -0.2) is 17.5 Å². The van der Waals surface area contributed by atoms with Gasteiger partial charge in [0, 0.05) is 25.1 Å². The fourth-order valence-corrected chi connectivity index (χ4v) is 3.09. The van der Waals surface area contributed by atoms with Gasteiger partial charge in [-0.25, -0.2) is 0 Å². The van der Waals surface area contributed by atoms with Crippen molar-refractivity contribution in [3.05, 3.63) is 42.0 Å². The smallest absolute Gasteiger partial charge is 0.139 e. The predicted molar refractivity (Wildman–Crippen MR) is 72.5 cm³/mol. The molecule has 1 fully saturated rings. The third-order valence-corrected chi connectivity index (χ3v) is 4.15. The van der Waals surface area contributed by atoms with E-state index in [0.29, 0.717) is 11.7 Å². The highest BCUT2D eigenvalue weighted by molar-refractivity contribution is 7.10. The Labute approximate surface area is 105 Å². The molecule has 17 heavy (non-hydrogen) atoms. The molecule has 1 aromatic heterocycles. The molecular formula is C13H15N3S. The summed E-state index contributed by atoms with van der Waals surface area (Å²) in [6.07, 6.45) is 1.21. The standard InChI is InChI=1S/C13H15N3S/c14-12-8-13(17-15-12)16-7-6-11(9-16)10-4-2-1-3-5-10/h1-5,8,11H,6-7,9H2,(H2,14,15). The second-order valence-electron chi connectivity index (χ2n) is 4.43. The lowest BCUT2D eigenvalue weighted by Crippen LogP contribution is -2.17. The lowest BCUT2D eigenvalue weighted by atomic mass is 9.99. The van der Waals surface area contributed by atoms with Gasteiger partial charge in [0.15, 0.2) is 0 Å². The summed E-state index contributed by atoms with van der Waals surface area (Å²) in [6, 6.07) is 12.7. The normalized spacial score (nSPS) is 19.8. The molecule has 0 aliphatic carbocycles. The summed E-state index contributed by atoms with van der Waals surface area (Å²) in [6.45, 7) is 2.17. The van der Waals surface area contributed by atoms with Gasteiger partial charge >= 0.3 is 0 Å². The number of anilines is 2. The topological polar surface area (TPSA) is 42.1 Å². The molecule has 0 radical (unpaired) electrons. The minimum Gasteiger partial charge on any atom is -0.383 e. The van der Waals surface area contributed by atoms with Crippen molar-refractivity contribution in [2.45, 2.75) is 12.3 Å². The first kappa shape index (κ1) is 10.6. The monoisotopic (exact) mass is 245 g/mol. The van der Waals surface area contributed by atoms with Gasteiger partial charge in [-0.05, 0) is 23.5 Å². The third kappa shape index (κ3) is 2.13. The summed E-state index contributed by atoms with van der Waals surface area (Å²) in [5.74, 6) is 1.27. The molecule has 1 atom stereocenters. The van der Waals surface area contributed by atoms with Crippen LogP contribution in [0.25, 0.3) is 0 Å². The second-order valence-corrected chi connectivity index (χ2v) is 5.22. The molecule has 1 aliphatic rings. The zero-order valence-corrected chi connectivity index (χ0v) is 10.4. The van der Waals surface area contributed by atoms with Gasteiger partial charge in [-0.1, -0.05) is 30.3 Å². The van der Waals surface area contributed by atoms with E-state index >= 15 is 0 Å². The van der Waals surface area contributed by atoms with Crippen LogP contribution >= 0.6 is 11.5 Å². The van der Waals surface area contributed by atoms with Gasteiger partial charge in [0.05, 0.1) is 0 Å². The van der Waals surface area contributed by atoms with E-state index in [4.69, 9.17) is 5.73 Å². The van der Waals surface area contributed by atoms with Crippen molar-refractivity contribution in [3.63, 3.8) is 0 Å². The fraction of sp³-hybridized carbons (Fsp3) is 0.308. The van der Waals surface area contributed by atoms with E-state index < -0.39 is 0 Å². The van der Waals surface area contributed by atoms with E-state index in [2.05, 4.69) is 39.6 Å². The lowest BCUT2D eigenvalue weighted by Gasteiger charge is -2.15. The zero-order valence-electron chi connectivity index (χ0n) is 9.54. The molecule has 3 rings (SSSR count). The van der Waals surface area contributed by atoms with E-state index in [1.54, 1.807) is 0 Å². The Morgan fingerprint density at radius 2 is 2.12 bits per heavy atom. The molecule has 88 valence electrons. The van der Waals surface area contributed by atoms with Gasteiger partial charge in [-0.15, -0.1) is 0 Å². The quantitative estimate of drug-likeness (QED) is 0.884. The Bertz CT molecular complexity index is 494. The average Bonchev–Trinajstić information content (AvgIpc) is 2.98. The molecule has 1 aromatic carbocycles. The summed E-state index contributed by atoms with van der Waals surface area (Å²) < 4.78 is 4.14. The number of aromatic nitrogens is 1. The summed E-state index contributed by atoms with van der Waals surface area (Å²) in [4.78, 5) is 2.38. The molecule has 2 N–H and O–H groups in total. The molecule has 2 aromatic rings. The Balaban J connectivity index is 1.74. The highest BCUT2D eigenvalue weighted by Gasteiger charge is 2.24. The Kier molecular flexibility index (Phi) is 2.73. The molecule has 0 bridgehead atoms. The summed E-state index contributed by atoms with van der Waals surface area (Å²) >= 11 is 1.49. The molecule has 4 heteroatoms. The molecule has 1 unspecified atom stereocenters. The van der Waals surface area contributed by atoms with E-state index in [1.807, 2.05) is 6.07 Å². The second kappa shape index (κ2) is 4.37. The van der Waals surface area contributed by atoms with Gasteiger partial charge in [0.1, 0.15) is 10.8 Å². The number of hydrogen-bond acceptors (Lipinski definition) is 4. The fourth-order valence-electron chi connectivity index (χ4n) is 2.39. The van der Waals surface area contributed by atoms with Crippen molar-refractivity contribution < 1.29 is 0 Å². The molecule has 0 spiro atoms. The number of nitrogen functional groups attached to an aromatic ring is 1. The SMILES string of the molecule is Nc1cc(N2CCC(c3ccccc3)C2)sn1. The first-order chi connectivity index (χ1) is 8.33. The van der Waals surface area contributed by atoms with Gasteiger partial charge in [-0.3, -0.25) is 0 Å².